The molecule has 0 unspecified atom stereocenters. The minimum Gasteiger partial charge on any atom is -0.492 e. The van der Waals surface area contributed by atoms with Gasteiger partial charge in [0.15, 0.2) is 0 Å². The van der Waals surface area contributed by atoms with Crippen LogP contribution >= 0.6 is 11.6 Å². The zero-order chi connectivity index (χ0) is 12.7. The number of nitrogens with one attached hydrogen (secondary N) is 1. The van der Waals surface area contributed by atoms with Gasteiger partial charge in [-0.1, -0.05) is 23.7 Å². The Balaban J connectivity index is 2.20. The first-order valence-electron chi connectivity index (χ1n) is 5.46. The molecule has 4 nitrogen and oxygen atoms in total. The van der Waals surface area contributed by atoms with E-state index in [-0.39, 0.29) is 5.88 Å². The average Bonchev–Trinajstić information content (AvgIpc) is 2.73. The highest BCUT2D eigenvalue weighted by atomic mass is 35.5. The van der Waals surface area contributed by atoms with E-state index in [1.54, 1.807) is 6.92 Å². The van der Waals surface area contributed by atoms with Crippen molar-refractivity contribution in [2.75, 3.05) is 0 Å². The fraction of sp³-hybridized carbons (Fsp3) is 0.0769. The Bertz CT molecular complexity index is 693. The van der Waals surface area contributed by atoms with Crippen molar-refractivity contribution < 1.29 is 5.11 Å². The second-order valence-electron chi connectivity index (χ2n) is 4.06. The second kappa shape index (κ2) is 3.99. The van der Waals surface area contributed by atoms with Gasteiger partial charge in [0, 0.05) is 10.6 Å². The topological polar surface area (TPSA) is 61.8 Å². The molecule has 0 atom stereocenters. The second-order valence-corrected chi connectivity index (χ2v) is 4.50. The van der Waals surface area contributed by atoms with Crippen molar-refractivity contribution in [1.29, 1.82) is 0 Å². The monoisotopic (exact) mass is 259 g/mol. The summed E-state index contributed by atoms with van der Waals surface area (Å²) in [6, 6.07) is 9.30. The van der Waals surface area contributed by atoms with E-state index in [0.29, 0.717) is 16.5 Å². The van der Waals surface area contributed by atoms with Gasteiger partial charge in [0.25, 0.3) is 0 Å². The highest BCUT2D eigenvalue weighted by Crippen LogP contribution is 2.32. The molecule has 2 aliphatic rings. The molecule has 0 amide bonds. The molecule has 1 aromatic rings. The van der Waals surface area contributed by atoms with Crippen molar-refractivity contribution in [2.45, 2.75) is 6.92 Å². The van der Waals surface area contributed by atoms with Gasteiger partial charge in [0.05, 0.1) is 11.4 Å². The number of H-pyrrole nitrogens is 1. The summed E-state index contributed by atoms with van der Waals surface area (Å²) in [7, 11) is 0. The lowest BCUT2D eigenvalue weighted by Crippen LogP contribution is -1.91. The third kappa shape index (κ3) is 1.80. The third-order valence-electron chi connectivity index (χ3n) is 2.69. The number of benzene rings is 1. The Labute approximate surface area is 109 Å². The molecule has 2 aliphatic heterocycles. The van der Waals surface area contributed by atoms with Gasteiger partial charge in [-0.3, -0.25) is 0 Å². The Hall–Kier alpha value is -2.07. The molecule has 0 radical (unpaired) electrons. The minimum absolute atomic E-state index is 0.0606. The van der Waals surface area contributed by atoms with Crippen LogP contribution in [0.1, 0.15) is 5.82 Å². The number of hydrogen-bond acceptors (Lipinski definition) is 3. The minimum atomic E-state index is -0.0606. The average molecular weight is 260 g/mol. The molecular formula is C13H10ClN3O. The predicted octanol–water partition coefficient (Wildman–Crippen LogP) is 3.24. The summed E-state index contributed by atoms with van der Waals surface area (Å²) in [5.41, 5.74) is 2.89. The van der Waals surface area contributed by atoms with E-state index in [9.17, 15) is 5.11 Å². The molecule has 2 heterocycles. The van der Waals surface area contributed by atoms with E-state index >= 15 is 0 Å². The Morgan fingerprint density at radius 2 is 2.06 bits per heavy atom. The molecule has 3 rings (SSSR count). The number of aromatic amines is 1. The number of aryl methyl sites for hydroxylation is 1. The molecule has 0 bridgehead atoms. The number of aromatic hydroxyl groups is 1. The van der Waals surface area contributed by atoms with Crippen LogP contribution < -0.4 is 0 Å². The van der Waals surface area contributed by atoms with Crippen LogP contribution in [0.5, 0.6) is 5.88 Å². The van der Waals surface area contributed by atoms with E-state index in [1.165, 1.54) is 0 Å². The van der Waals surface area contributed by atoms with E-state index in [0.717, 1.165) is 17.0 Å². The standard InChI is InChI=1S/C13H10ClN3O/c1-7-15-11-6-10(17-12(11)13(18)16-7)8-3-2-4-9(14)5-8/h2-6,18H,1H3,(H,15,16). The lowest BCUT2D eigenvalue weighted by molar-refractivity contribution is 0.450. The summed E-state index contributed by atoms with van der Waals surface area (Å²) in [5.74, 6) is 0.583. The highest BCUT2D eigenvalue weighted by molar-refractivity contribution is 6.30. The summed E-state index contributed by atoms with van der Waals surface area (Å²) < 4.78 is 0. The van der Waals surface area contributed by atoms with E-state index < -0.39 is 0 Å². The van der Waals surface area contributed by atoms with Crippen LogP contribution in [0.3, 0.4) is 0 Å². The number of hydrogen-bond donors (Lipinski definition) is 2. The quantitative estimate of drug-likeness (QED) is 0.705. The fourth-order valence-electron chi connectivity index (χ4n) is 1.91. The van der Waals surface area contributed by atoms with Crippen molar-refractivity contribution in [3.05, 3.63) is 41.2 Å². The van der Waals surface area contributed by atoms with Crippen LogP contribution in [0.2, 0.25) is 5.02 Å². The Morgan fingerprint density at radius 1 is 1.22 bits per heavy atom. The van der Waals surface area contributed by atoms with Crippen molar-refractivity contribution in [3.63, 3.8) is 0 Å². The molecule has 0 aliphatic carbocycles. The van der Waals surface area contributed by atoms with Crippen molar-refractivity contribution in [3.8, 4) is 28.5 Å². The fourth-order valence-corrected chi connectivity index (χ4v) is 2.10. The summed E-state index contributed by atoms with van der Waals surface area (Å²) in [6.45, 7) is 1.78. The lowest BCUT2D eigenvalue weighted by Gasteiger charge is -2.01. The predicted molar refractivity (Wildman–Crippen MR) is 69.9 cm³/mol. The number of halogens is 1. The van der Waals surface area contributed by atoms with E-state index in [4.69, 9.17) is 11.6 Å². The Kier molecular flexibility index (Phi) is 2.45. The first kappa shape index (κ1) is 11.0. The molecule has 0 saturated heterocycles. The van der Waals surface area contributed by atoms with Gasteiger partial charge >= 0.3 is 0 Å². The molecule has 0 saturated carbocycles. The first-order chi connectivity index (χ1) is 8.63. The van der Waals surface area contributed by atoms with Gasteiger partial charge in [-0.25, -0.2) is 4.98 Å². The van der Waals surface area contributed by atoms with Crippen molar-refractivity contribution in [2.24, 2.45) is 0 Å². The lowest BCUT2D eigenvalue weighted by atomic mass is 10.1. The SMILES string of the molecule is Cc1nc(O)c2nc(-c3cccc(Cl)c3)cc-2[nH]1. The van der Waals surface area contributed by atoms with Gasteiger partial charge < -0.3 is 10.1 Å². The van der Waals surface area contributed by atoms with Crippen LogP contribution in [0, 0.1) is 6.92 Å². The van der Waals surface area contributed by atoms with E-state index in [1.807, 2.05) is 30.3 Å². The van der Waals surface area contributed by atoms with Gasteiger partial charge in [0.2, 0.25) is 5.88 Å². The molecule has 18 heavy (non-hydrogen) atoms. The summed E-state index contributed by atoms with van der Waals surface area (Å²) >= 11 is 5.95. The number of rotatable bonds is 1. The van der Waals surface area contributed by atoms with Crippen molar-refractivity contribution in [1.82, 2.24) is 15.0 Å². The molecular weight excluding hydrogens is 250 g/mol. The number of nitrogens with zero attached hydrogens (tertiary/aromatic N) is 2. The van der Waals surface area contributed by atoms with Gasteiger partial charge in [-0.15, -0.1) is 0 Å². The van der Waals surface area contributed by atoms with Crippen LogP contribution in [-0.4, -0.2) is 20.1 Å². The van der Waals surface area contributed by atoms with Gasteiger partial charge in [-0.2, -0.15) is 4.98 Å². The maximum Gasteiger partial charge on any atom is 0.241 e. The summed E-state index contributed by atoms with van der Waals surface area (Å²) in [4.78, 5) is 11.4. The number of fused-ring (bicyclic) bond motifs is 1. The zero-order valence-corrected chi connectivity index (χ0v) is 10.4. The molecule has 2 N–H and O–H groups in total. The third-order valence-corrected chi connectivity index (χ3v) is 2.92. The molecule has 0 aromatic heterocycles. The van der Waals surface area contributed by atoms with Gasteiger partial charge in [0.1, 0.15) is 11.5 Å². The normalized spacial score (nSPS) is 11.0. The van der Waals surface area contributed by atoms with Crippen LogP contribution in [0.4, 0.5) is 0 Å². The maximum atomic E-state index is 9.75. The molecule has 1 aromatic carbocycles. The van der Waals surface area contributed by atoms with Crippen LogP contribution in [0.15, 0.2) is 30.3 Å². The smallest absolute Gasteiger partial charge is 0.241 e. The molecule has 0 fully saturated rings. The summed E-state index contributed by atoms with van der Waals surface area (Å²) in [5, 5.41) is 10.4. The Morgan fingerprint density at radius 3 is 2.83 bits per heavy atom. The highest BCUT2D eigenvalue weighted by Gasteiger charge is 2.16. The molecule has 90 valence electrons. The van der Waals surface area contributed by atoms with E-state index in [2.05, 4.69) is 15.0 Å². The van der Waals surface area contributed by atoms with Crippen molar-refractivity contribution >= 4 is 11.6 Å². The summed E-state index contributed by atoms with van der Waals surface area (Å²) in [6.07, 6.45) is 0. The molecule has 0 spiro atoms. The molecule has 5 heteroatoms. The zero-order valence-electron chi connectivity index (χ0n) is 9.61. The maximum absolute atomic E-state index is 9.75. The van der Waals surface area contributed by atoms with Crippen LogP contribution in [0.25, 0.3) is 22.6 Å². The number of aromatic nitrogens is 3. The van der Waals surface area contributed by atoms with Gasteiger partial charge in [-0.05, 0) is 25.1 Å². The van der Waals surface area contributed by atoms with Crippen LogP contribution in [-0.2, 0) is 0 Å². The first-order valence-corrected chi connectivity index (χ1v) is 5.83. The largest absolute Gasteiger partial charge is 0.492 e.